The molecule has 0 saturated heterocycles. The first kappa shape index (κ1) is 17.3. The van der Waals surface area contributed by atoms with Gasteiger partial charge in [-0.3, -0.25) is 4.79 Å². The van der Waals surface area contributed by atoms with Crippen LogP contribution in [0.25, 0.3) is 0 Å². The lowest BCUT2D eigenvalue weighted by atomic mass is 10.2. The molecular formula is C17H17IN2O3. The summed E-state index contributed by atoms with van der Waals surface area (Å²) in [7, 11) is 1.62. The summed E-state index contributed by atoms with van der Waals surface area (Å²) >= 11 is 2.18. The van der Waals surface area contributed by atoms with E-state index >= 15 is 0 Å². The number of halogens is 1. The average molecular weight is 424 g/mol. The maximum atomic E-state index is 11.7. The Morgan fingerprint density at radius 1 is 1.26 bits per heavy atom. The predicted octanol–water partition coefficient (Wildman–Crippen LogP) is 3.14. The molecule has 0 radical (unpaired) electrons. The van der Waals surface area contributed by atoms with Gasteiger partial charge >= 0.3 is 0 Å². The third-order valence-corrected chi connectivity index (χ3v) is 3.87. The molecular weight excluding hydrogens is 407 g/mol. The molecule has 0 atom stereocenters. The van der Waals surface area contributed by atoms with Gasteiger partial charge in [0, 0.05) is 0 Å². The molecule has 23 heavy (non-hydrogen) atoms. The molecule has 1 N–H and O–H groups in total. The molecule has 0 heterocycles. The number of hydrogen-bond donors (Lipinski definition) is 1. The molecule has 0 saturated carbocycles. The summed E-state index contributed by atoms with van der Waals surface area (Å²) in [6.45, 7) is 1.85. The van der Waals surface area contributed by atoms with Crippen molar-refractivity contribution in [1.29, 1.82) is 0 Å². The molecule has 0 unspecified atom stereocenters. The Labute approximate surface area is 148 Å². The number of nitrogens with one attached hydrogen (secondary N) is 1. The van der Waals surface area contributed by atoms with Crippen molar-refractivity contribution in [3.63, 3.8) is 0 Å². The van der Waals surface area contributed by atoms with Crippen molar-refractivity contribution in [2.75, 3.05) is 13.7 Å². The highest BCUT2D eigenvalue weighted by Gasteiger charge is 2.03. The Kier molecular flexibility index (Phi) is 6.40. The Hall–Kier alpha value is -2.09. The molecule has 2 rings (SSSR count). The van der Waals surface area contributed by atoms with Gasteiger partial charge in [0.2, 0.25) is 0 Å². The van der Waals surface area contributed by atoms with Gasteiger partial charge in [0.05, 0.1) is 16.9 Å². The molecule has 2 aromatic rings. The number of para-hydroxylation sites is 1. The molecule has 2 aromatic carbocycles. The van der Waals surface area contributed by atoms with Crippen molar-refractivity contribution in [2.45, 2.75) is 6.92 Å². The first-order valence-corrected chi connectivity index (χ1v) is 8.02. The number of carbonyl (C=O) groups is 1. The van der Waals surface area contributed by atoms with E-state index in [2.05, 4.69) is 33.1 Å². The first-order chi connectivity index (χ1) is 11.1. The second-order valence-corrected chi connectivity index (χ2v) is 5.90. The normalized spacial score (nSPS) is 10.6. The highest BCUT2D eigenvalue weighted by molar-refractivity contribution is 14.1. The highest BCUT2D eigenvalue weighted by Crippen LogP contribution is 2.20. The second kappa shape index (κ2) is 8.52. The summed E-state index contributed by atoms with van der Waals surface area (Å²) in [5, 5.41) is 3.92. The number of aryl methyl sites for hydroxylation is 1. The smallest absolute Gasteiger partial charge is 0.277 e. The van der Waals surface area contributed by atoms with Crippen LogP contribution in [0, 0.1) is 10.5 Å². The van der Waals surface area contributed by atoms with Crippen molar-refractivity contribution in [1.82, 2.24) is 5.43 Å². The Balaban J connectivity index is 1.84. The van der Waals surface area contributed by atoms with Gasteiger partial charge in [-0.05, 0) is 64.9 Å². The first-order valence-electron chi connectivity index (χ1n) is 6.94. The number of ether oxygens (including phenoxy) is 2. The molecule has 1 amide bonds. The number of rotatable bonds is 6. The van der Waals surface area contributed by atoms with Crippen LogP contribution in [0.3, 0.4) is 0 Å². The number of nitrogens with zero attached hydrogens (tertiary/aromatic N) is 1. The Morgan fingerprint density at radius 2 is 2.04 bits per heavy atom. The van der Waals surface area contributed by atoms with E-state index in [1.54, 1.807) is 13.3 Å². The summed E-state index contributed by atoms with van der Waals surface area (Å²) in [6.07, 6.45) is 1.58. The number of amides is 1. The van der Waals surface area contributed by atoms with Gasteiger partial charge in [-0.15, -0.1) is 0 Å². The molecule has 120 valence electrons. The van der Waals surface area contributed by atoms with Crippen LogP contribution in [0.2, 0.25) is 0 Å². The van der Waals surface area contributed by atoms with Crippen LogP contribution < -0.4 is 14.9 Å². The standard InChI is InChI=1S/C17H17IN2O3/c1-12-5-3-4-6-15(12)23-11-17(21)20-19-10-13-7-8-16(22-2)14(18)9-13/h3-10H,11H2,1-2H3,(H,20,21). The van der Waals surface area contributed by atoms with Gasteiger partial charge in [-0.2, -0.15) is 5.10 Å². The van der Waals surface area contributed by atoms with Crippen LogP contribution in [-0.4, -0.2) is 25.8 Å². The number of carbonyl (C=O) groups excluding carboxylic acids is 1. The molecule has 0 spiro atoms. The zero-order valence-corrected chi connectivity index (χ0v) is 15.0. The van der Waals surface area contributed by atoms with E-state index in [4.69, 9.17) is 9.47 Å². The van der Waals surface area contributed by atoms with Gasteiger partial charge in [0.15, 0.2) is 6.61 Å². The fraction of sp³-hybridized carbons (Fsp3) is 0.176. The summed E-state index contributed by atoms with van der Waals surface area (Å²) < 4.78 is 11.6. The molecule has 0 aliphatic carbocycles. The van der Waals surface area contributed by atoms with Gasteiger partial charge in [0.25, 0.3) is 5.91 Å². The van der Waals surface area contributed by atoms with E-state index in [9.17, 15) is 4.79 Å². The SMILES string of the molecule is COc1ccc(C=NNC(=O)COc2ccccc2C)cc1I. The van der Waals surface area contributed by atoms with Gasteiger partial charge in [-0.25, -0.2) is 5.43 Å². The predicted molar refractivity (Wildman–Crippen MR) is 98.1 cm³/mol. The average Bonchev–Trinajstić information content (AvgIpc) is 2.54. The van der Waals surface area contributed by atoms with Crippen molar-refractivity contribution in [2.24, 2.45) is 5.10 Å². The van der Waals surface area contributed by atoms with E-state index in [1.165, 1.54) is 0 Å². The van der Waals surface area contributed by atoms with E-state index in [0.29, 0.717) is 5.75 Å². The molecule has 5 nitrogen and oxygen atoms in total. The van der Waals surface area contributed by atoms with Crippen molar-refractivity contribution >= 4 is 34.7 Å². The minimum Gasteiger partial charge on any atom is -0.496 e. The maximum absolute atomic E-state index is 11.7. The minimum atomic E-state index is -0.312. The molecule has 6 heteroatoms. The lowest BCUT2D eigenvalue weighted by molar-refractivity contribution is -0.123. The molecule has 0 aromatic heterocycles. The van der Waals surface area contributed by atoms with Crippen LogP contribution in [0.4, 0.5) is 0 Å². The fourth-order valence-corrected chi connectivity index (χ4v) is 2.60. The van der Waals surface area contributed by atoms with Crippen molar-refractivity contribution < 1.29 is 14.3 Å². The minimum absolute atomic E-state index is 0.0810. The Bertz CT molecular complexity index is 717. The van der Waals surface area contributed by atoms with E-state index in [0.717, 1.165) is 20.4 Å². The maximum Gasteiger partial charge on any atom is 0.277 e. The highest BCUT2D eigenvalue weighted by atomic mass is 127. The summed E-state index contributed by atoms with van der Waals surface area (Å²) in [6, 6.07) is 13.2. The quantitative estimate of drug-likeness (QED) is 0.441. The van der Waals surface area contributed by atoms with E-state index < -0.39 is 0 Å². The monoisotopic (exact) mass is 424 g/mol. The van der Waals surface area contributed by atoms with Crippen LogP contribution >= 0.6 is 22.6 Å². The zero-order chi connectivity index (χ0) is 16.7. The Morgan fingerprint density at radius 3 is 2.74 bits per heavy atom. The van der Waals surface area contributed by atoms with Crippen LogP contribution in [0.1, 0.15) is 11.1 Å². The molecule has 0 aliphatic heterocycles. The van der Waals surface area contributed by atoms with Crippen LogP contribution in [0.5, 0.6) is 11.5 Å². The van der Waals surface area contributed by atoms with Gasteiger partial charge in [0.1, 0.15) is 11.5 Å². The second-order valence-electron chi connectivity index (χ2n) is 4.74. The number of hydrazone groups is 1. The zero-order valence-electron chi connectivity index (χ0n) is 12.9. The van der Waals surface area contributed by atoms with Gasteiger partial charge < -0.3 is 9.47 Å². The summed E-state index contributed by atoms with van der Waals surface area (Å²) in [4.78, 5) is 11.7. The van der Waals surface area contributed by atoms with Crippen LogP contribution in [0.15, 0.2) is 47.6 Å². The van der Waals surface area contributed by atoms with E-state index in [-0.39, 0.29) is 12.5 Å². The number of hydrogen-bond acceptors (Lipinski definition) is 4. The number of benzene rings is 2. The number of methoxy groups -OCH3 is 1. The summed E-state index contributed by atoms with van der Waals surface area (Å²) in [5.41, 5.74) is 4.29. The molecule has 0 fully saturated rings. The largest absolute Gasteiger partial charge is 0.496 e. The lowest BCUT2D eigenvalue weighted by Gasteiger charge is -2.07. The third kappa shape index (κ3) is 5.24. The molecule has 0 bridgehead atoms. The molecule has 0 aliphatic rings. The van der Waals surface area contributed by atoms with Crippen molar-refractivity contribution in [3.05, 3.63) is 57.2 Å². The van der Waals surface area contributed by atoms with E-state index in [1.807, 2.05) is 49.4 Å². The topological polar surface area (TPSA) is 59.9 Å². The summed E-state index contributed by atoms with van der Waals surface area (Å²) in [5.74, 6) is 1.18. The van der Waals surface area contributed by atoms with Crippen molar-refractivity contribution in [3.8, 4) is 11.5 Å². The lowest BCUT2D eigenvalue weighted by Crippen LogP contribution is -2.24. The fourth-order valence-electron chi connectivity index (χ4n) is 1.84. The van der Waals surface area contributed by atoms with Gasteiger partial charge in [-0.1, -0.05) is 18.2 Å². The van der Waals surface area contributed by atoms with Crippen LogP contribution in [-0.2, 0) is 4.79 Å². The third-order valence-electron chi connectivity index (χ3n) is 3.03.